The molecule has 0 atom stereocenters. The van der Waals surface area contributed by atoms with Crippen molar-refractivity contribution >= 4 is 43.4 Å². The molecule has 1 amide bonds. The number of amides is 1. The molecule has 0 radical (unpaired) electrons. The van der Waals surface area contributed by atoms with E-state index in [0.29, 0.717) is 23.1 Å². The molecule has 0 saturated carbocycles. The van der Waals surface area contributed by atoms with Gasteiger partial charge in [0.25, 0.3) is 5.91 Å². The lowest BCUT2D eigenvalue weighted by Crippen LogP contribution is -2.30. The van der Waals surface area contributed by atoms with Gasteiger partial charge in [-0.25, -0.2) is 18.1 Å². The summed E-state index contributed by atoms with van der Waals surface area (Å²) in [7, 11) is -3.67. The average Bonchev–Trinajstić information content (AvgIpc) is 3.17. The number of nitrogens with one attached hydrogen (secondary N) is 1. The number of rotatable bonds is 8. The second kappa shape index (κ2) is 9.63. The molecule has 170 valence electrons. The zero-order valence-electron chi connectivity index (χ0n) is 18.2. The van der Waals surface area contributed by atoms with Crippen LogP contribution in [0.5, 0.6) is 0 Å². The number of anilines is 1. The van der Waals surface area contributed by atoms with Crippen LogP contribution in [0.3, 0.4) is 0 Å². The molecule has 2 heterocycles. The van der Waals surface area contributed by atoms with Gasteiger partial charge in [0.05, 0.1) is 17.3 Å². The van der Waals surface area contributed by atoms with Crippen LogP contribution in [0.1, 0.15) is 26.5 Å². The van der Waals surface area contributed by atoms with Crippen LogP contribution in [0, 0.1) is 6.92 Å². The number of aromatic nitrogens is 3. The number of sulfonamides is 1. The van der Waals surface area contributed by atoms with Crippen molar-refractivity contribution in [1.82, 2.24) is 19.7 Å². The minimum atomic E-state index is -3.67. The molecule has 2 aromatic carbocycles. The maximum Gasteiger partial charge on any atom is 0.284 e. The monoisotopic (exact) mass is 481 g/mol. The second-order valence-corrected chi connectivity index (χ2v) is 10.6. The summed E-state index contributed by atoms with van der Waals surface area (Å²) >= 11 is 1.37. The van der Waals surface area contributed by atoms with E-state index in [1.807, 2.05) is 53.3 Å². The summed E-state index contributed by atoms with van der Waals surface area (Å²) in [6, 6.07) is 16.0. The largest absolute Gasteiger partial charge is 0.343 e. The van der Waals surface area contributed by atoms with E-state index < -0.39 is 15.9 Å². The van der Waals surface area contributed by atoms with Gasteiger partial charge in [0.2, 0.25) is 10.0 Å². The van der Waals surface area contributed by atoms with Crippen molar-refractivity contribution in [3.05, 3.63) is 82.6 Å². The third kappa shape index (κ3) is 5.91. The van der Waals surface area contributed by atoms with Crippen molar-refractivity contribution < 1.29 is 13.2 Å². The SMILES string of the molecule is Cc1sc(N(CCc2ccc3nccnc3c2)Cc2ccccc2)nc1C(=O)NS(C)(=O)=O. The highest BCUT2D eigenvalue weighted by Crippen LogP contribution is 2.27. The number of benzene rings is 2. The zero-order valence-corrected chi connectivity index (χ0v) is 19.9. The van der Waals surface area contributed by atoms with E-state index in [1.54, 1.807) is 19.3 Å². The van der Waals surface area contributed by atoms with Crippen molar-refractivity contribution in [2.75, 3.05) is 17.7 Å². The molecule has 4 rings (SSSR count). The van der Waals surface area contributed by atoms with Crippen molar-refractivity contribution in [2.24, 2.45) is 0 Å². The van der Waals surface area contributed by atoms with E-state index in [0.717, 1.165) is 34.8 Å². The van der Waals surface area contributed by atoms with Crippen molar-refractivity contribution in [3.8, 4) is 0 Å². The number of hydrogen-bond donors (Lipinski definition) is 1. The Morgan fingerprint density at radius 1 is 1.03 bits per heavy atom. The number of thiazole rings is 1. The van der Waals surface area contributed by atoms with Gasteiger partial charge in [-0.2, -0.15) is 0 Å². The molecule has 1 N–H and O–H groups in total. The maximum absolute atomic E-state index is 12.4. The van der Waals surface area contributed by atoms with Crippen LogP contribution in [0.2, 0.25) is 0 Å². The fourth-order valence-corrected chi connectivity index (χ4v) is 4.78. The Kier molecular flexibility index (Phi) is 6.66. The van der Waals surface area contributed by atoms with Crippen LogP contribution in [0.4, 0.5) is 5.13 Å². The Morgan fingerprint density at radius 3 is 2.48 bits per heavy atom. The number of nitrogens with zero attached hydrogens (tertiary/aromatic N) is 4. The van der Waals surface area contributed by atoms with E-state index >= 15 is 0 Å². The fraction of sp³-hybridized carbons (Fsp3) is 0.217. The predicted molar refractivity (Wildman–Crippen MR) is 130 cm³/mol. The van der Waals surface area contributed by atoms with Crippen LogP contribution >= 0.6 is 11.3 Å². The number of carbonyl (C=O) groups is 1. The first-order valence-electron chi connectivity index (χ1n) is 10.3. The molecule has 0 unspecified atom stereocenters. The summed E-state index contributed by atoms with van der Waals surface area (Å²) in [6.45, 7) is 3.02. The molecule has 4 aromatic rings. The molecule has 0 fully saturated rings. The molecule has 0 bridgehead atoms. The molecular weight excluding hydrogens is 458 g/mol. The van der Waals surface area contributed by atoms with Gasteiger partial charge in [0, 0.05) is 30.4 Å². The third-order valence-electron chi connectivity index (χ3n) is 4.97. The number of aryl methyl sites for hydroxylation is 1. The number of fused-ring (bicyclic) bond motifs is 1. The first kappa shape index (κ1) is 22.8. The average molecular weight is 482 g/mol. The van der Waals surface area contributed by atoms with Gasteiger partial charge in [-0.05, 0) is 36.6 Å². The Morgan fingerprint density at radius 2 is 1.76 bits per heavy atom. The smallest absolute Gasteiger partial charge is 0.284 e. The quantitative estimate of drug-likeness (QED) is 0.411. The van der Waals surface area contributed by atoms with Gasteiger partial charge in [0.1, 0.15) is 5.69 Å². The molecular formula is C23H23N5O3S2. The molecule has 0 aliphatic carbocycles. The van der Waals surface area contributed by atoms with Gasteiger partial charge in [-0.3, -0.25) is 14.8 Å². The van der Waals surface area contributed by atoms with Crippen LogP contribution in [-0.2, 0) is 23.0 Å². The molecule has 8 nitrogen and oxygen atoms in total. The fourth-order valence-electron chi connectivity index (χ4n) is 3.42. The molecule has 0 spiro atoms. The molecule has 33 heavy (non-hydrogen) atoms. The van der Waals surface area contributed by atoms with Gasteiger partial charge < -0.3 is 4.90 Å². The normalized spacial score (nSPS) is 11.5. The Hall–Kier alpha value is -3.37. The molecule has 0 aliphatic heterocycles. The van der Waals surface area contributed by atoms with E-state index in [-0.39, 0.29) is 5.69 Å². The van der Waals surface area contributed by atoms with Crippen molar-refractivity contribution in [2.45, 2.75) is 19.9 Å². The highest BCUT2D eigenvalue weighted by atomic mass is 32.2. The Bertz CT molecular complexity index is 1390. The summed E-state index contributed by atoms with van der Waals surface area (Å²) in [4.78, 5) is 28.4. The van der Waals surface area contributed by atoms with Crippen molar-refractivity contribution in [3.63, 3.8) is 0 Å². The van der Waals surface area contributed by atoms with Crippen LogP contribution in [-0.4, -0.2) is 42.1 Å². The van der Waals surface area contributed by atoms with E-state index in [2.05, 4.69) is 19.9 Å². The lowest BCUT2D eigenvalue weighted by molar-refractivity contribution is 0.0977. The first-order valence-corrected chi connectivity index (χ1v) is 13.0. The minimum absolute atomic E-state index is 0.125. The van der Waals surface area contributed by atoms with Crippen LogP contribution < -0.4 is 9.62 Å². The highest BCUT2D eigenvalue weighted by molar-refractivity contribution is 7.89. The minimum Gasteiger partial charge on any atom is -0.343 e. The lowest BCUT2D eigenvalue weighted by atomic mass is 10.1. The molecule has 0 aliphatic rings. The zero-order chi connectivity index (χ0) is 23.4. The van der Waals surface area contributed by atoms with E-state index in [9.17, 15) is 13.2 Å². The highest BCUT2D eigenvalue weighted by Gasteiger charge is 2.21. The summed E-state index contributed by atoms with van der Waals surface area (Å²) in [5.41, 5.74) is 4.04. The van der Waals surface area contributed by atoms with Gasteiger partial charge >= 0.3 is 0 Å². The van der Waals surface area contributed by atoms with Gasteiger partial charge in [-0.1, -0.05) is 36.4 Å². The second-order valence-electron chi connectivity index (χ2n) is 7.64. The molecule has 2 aromatic heterocycles. The summed E-state index contributed by atoms with van der Waals surface area (Å²) in [5, 5.41) is 0.663. The topological polar surface area (TPSA) is 105 Å². The van der Waals surface area contributed by atoms with Crippen molar-refractivity contribution in [1.29, 1.82) is 0 Å². The molecule has 0 saturated heterocycles. The maximum atomic E-state index is 12.4. The van der Waals surface area contributed by atoms with Crippen LogP contribution in [0.25, 0.3) is 11.0 Å². The first-order chi connectivity index (χ1) is 15.8. The number of hydrogen-bond acceptors (Lipinski definition) is 8. The Balaban J connectivity index is 1.59. The number of carbonyl (C=O) groups excluding carboxylic acids is 1. The summed E-state index contributed by atoms with van der Waals surface area (Å²) < 4.78 is 25.0. The van der Waals surface area contributed by atoms with E-state index in [4.69, 9.17) is 0 Å². The standard InChI is InChI=1S/C23H23N5O3S2/c1-16-21(22(29)27-33(2,30)31)26-23(32-16)28(15-18-6-4-3-5-7-18)13-10-17-8-9-19-20(14-17)25-12-11-24-19/h3-9,11-12,14H,10,13,15H2,1-2H3,(H,27,29). The summed E-state index contributed by atoms with van der Waals surface area (Å²) in [6.07, 6.45) is 5.03. The Labute approximate surface area is 196 Å². The van der Waals surface area contributed by atoms with E-state index in [1.165, 1.54) is 11.3 Å². The van der Waals surface area contributed by atoms with Gasteiger partial charge in [0.15, 0.2) is 5.13 Å². The summed E-state index contributed by atoms with van der Waals surface area (Å²) in [5.74, 6) is -0.717. The third-order valence-corrected chi connectivity index (χ3v) is 6.56. The predicted octanol–water partition coefficient (Wildman–Crippen LogP) is 3.33. The van der Waals surface area contributed by atoms with Crippen LogP contribution in [0.15, 0.2) is 60.9 Å². The lowest BCUT2D eigenvalue weighted by Gasteiger charge is -2.22. The molecule has 10 heteroatoms. The van der Waals surface area contributed by atoms with Gasteiger partial charge in [-0.15, -0.1) is 11.3 Å².